The summed E-state index contributed by atoms with van der Waals surface area (Å²) in [6, 6.07) is 0. The number of aliphatic carboxylic acids is 1. The lowest BCUT2D eigenvalue weighted by Gasteiger charge is -2.00. The highest BCUT2D eigenvalue weighted by molar-refractivity contribution is 5.67. The van der Waals surface area contributed by atoms with Crippen molar-refractivity contribution in [3.8, 4) is 0 Å². The van der Waals surface area contributed by atoms with Crippen molar-refractivity contribution in [3.63, 3.8) is 0 Å². The Bertz CT molecular complexity index is 338. The average Bonchev–Trinajstić information content (AvgIpc) is 2.43. The molecule has 1 aromatic heterocycles. The molecule has 0 saturated carbocycles. The fourth-order valence-corrected chi connectivity index (χ4v) is 1.08. The monoisotopic (exact) mass is 205 g/mol. The van der Waals surface area contributed by atoms with Gasteiger partial charge >= 0.3 is 5.97 Å². The van der Waals surface area contributed by atoms with Gasteiger partial charge in [0, 0.05) is 13.5 Å². The highest BCUT2D eigenvalue weighted by atomic mass is 19.3. The number of aryl methyl sites for hydroxylation is 2. The summed E-state index contributed by atoms with van der Waals surface area (Å²) in [4.78, 5) is 10.2. The molecule has 5 nitrogen and oxygen atoms in total. The van der Waals surface area contributed by atoms with E-state index in [0.717, 1.165) is 4.68 Å². The first-order chi connectivity index (χ1) is 6.52. The molecule has 0 fully saturated rings. The summed E-state index contributed by atoms with van der Waals surface area (Å²) in [7, 11) is 1.35. The second kappa shape index (κ2) is 4.12. The predicted octanol–water partition coefficient (Wildman–Crippen LogP) is 0.770. The number of aromatic nitrogens is 3. The molecule has 1 rings (SSSR count). The molecule has 0 spiro atoms. The lowest BCUT2D eigenvalue weighted by molar-refractivity contribution is -0.137. The molecular formula is C7H9F2N3O2. The van der Waals surface area contributed by atoms with Crippen LogP contribution in [0.5, 0.6) is 0 Å². The van der Waals surface area contributed by atoms with E-state index < -0.39 is 12.4 Å². The van der Waals surface area contributed by atoms with Crippen LogP contribution in [0.3, 0.4) is 0 Å². The molecule has 0 radical (unpaired) electrons. The van der Waals surface area contributed by atoms with Crippen LogP contribution in [0.15, 0.2) is 0 Å². The van der Waals surface area contributed by atoms with Crippen LogP contribution in [0.1, 0.15) is 24.2 Å². The smallest absolute Gasteiger partial charge is 0.303 e. The van der Waals surface area contributed by atoms with Crippen LogP contribution in [0.2, 0.25) is 0 Å². The Kier molecular flexibility index (Phi) is 3.10. The van der Waals surface area contributed by atoms with E-state index in [1.54, 1.807) is 0 Å². The van der Waals surface area contributed by atoms with Gasteiger partial charge in [-0.05, 0) is 0 Å². The Morgan fingerprint density at radius 3 is 2.79 bits per heavy atom. The van der Waals surface area contributed by atoms with E-state index >= 15 is 0 Å². The fourth-order valence-electron chi connectivity index (χ4n) is 1.08. The van der Waals surface area contributed by atoms with E-state index in [9.17, 15) is 13.6 Å². The molecule has 14 heavy (non-hydrogen) atoms. The average molecular weight is 205 g/mol. The van der Waals surface area contributed by atoms with Crippen LogP contribution in [0.4, 0.5) is 8.78 Å². The number of hydrogen-bond acceptors (Lipinski definition) is 3. The summed E-state index contributed by atoms with van der Waals surface area (Å²) in [5, 5.41) is 15.3. The minimum Gasteiger partial charge on any atom is -0.481 e. The Labute approximate surface area is 78.3 Å². The van der Waals surface area contributed by atoms with Crippen LogP contribution in [0.25, 0.3) is 0 Å². The molecule has 0 unspecified atom stereocenters. The first-order valence-electron chi connectivity index (χ1n) is 3.90. The second-order valence-electron chi connectivity index (χ2n) is 2.74. The first-order valence-corrected chi connectivity index (χ1v) is 3.90. The second-order valence-corrected chi connectivity index (χ2v) is 2.74. The number of carbonyl (C=O) groups is 1. The van der Waals surface area contributed by atoms with Gasteiger partial charge < -0.3 is 5.11 Å². The molecular weight excluding hydrogens is 196 g/mol. The van der Waals surface area contributed by atoms with E-state index in [1.807, 2.05) is 0 Å². The van der Waals surface area contributed by atoms with E-state index in [4.69, 9.17) is 5.11 Å². The highest BCUT2D eigenvalue weighted by Crippen LogP contribution is 2.21. The van der Waals surface area contributed by atoms with E-state index in [0.29, 0.717) is 0 Å². The maximum atomic E-state index is 12.4. The van der Waals surface area contributed by atoms with Gasteiger partial charge in [-0.1, -0.05) is 5.21 Å². The normalized spacial score (nSPS) is 10.9. The van der Waals surface area contributed by atoms with Gasteiger partial charge in [-0.3, -0.25) is 4.79 Å². The Hall–Kier alpha value is -1.53. The molecule has 0 bridgehead atoms. The fraction of sp³-hybridized carbons (Fsp3) is 0.571. The molecule has 78 valence electrons. The van der Waals surface area contributed by atoms with Crippen molar-refractivity contribution in [3.05, 3.63) is 11.4 Å². The summed E-state index contributed by atoms with van der Waals surface area (Å²) in [6.45, 7) is 0. The Morgan fingerprint density at radius 1 is 1.64 bits per heavy atom. The summed E-state index contributed by atoms with van der Waals surface area (Å²) >= 11 is 0. The number of nitrogens with zero attached hydrogens (tertiary/aromatic N) is 3. The molecule has 0 aliphatic rings. The predicted molar refractivity (Wildman–Crippen MR) is 41.9 cm³/mol. The van der Waals surface area contributed by atoms with Crippen LogP contribution in [-0.4, -0.2) is 26.1 Å². The van der Waals surface area contributed by atoms with Crippen molar-refractivity contribution < 1.29 is 18.7 Å². The van der Waals surface area contributed by atoms with Crippen molar-refractivity contribution in [2.75, 3.05) is 0 Å². The van der Waals surface area contributed by atoms with Crippen LogP contribution in [-0.2, 0) is 18.3 Å². The summed E-state index contributed by atoms with van der Waals surface area (Å²) in [6.07, 6.45) is -2.93. The molecule has 1 N–H and O–H groups in total. The minimum atomic E-state index is -2.68. The third-order valence-corrected chi connectivity index (χ3v) is 1.73. The first kappa shape index (κ1) is 10.6. The summed E-state index contributed by atoms with van der Waals surface area (Å²) in [5.74, 6) is -1.05. The number of halogens is 2. The Morgan fingerprint density at radius 2 is 2.29 bits per heavy atom. The van der Waals surface area contributed by atoms with Crippen molar-refractivity contribution in [1.82, 2.24) is 15.0 Å². The van der Waals surface area contributed by atoms with Crippen molar-refractivity contribution in [2.45, 2.75) is 19.3 Å². The van der Waals surface area contributed by atoms with Gasteiger partial charge in [-0.15, -0.1) is 5.10 Å². The van der Waals surface area contributed by atoms with Gasteiger partial charge in [0.2, 0.25) is 0 Å². The molecule has 1 heterocycles. The molecule has 0 atom stereocenters. The lowest BCUT2D eigenvalue weighted by atomic mass is 10.2. The van der Waals surface area contributed by atoms with Crippen molar-refractivity contribution >= 4 is 5.97 Å². The van der Waals surface area contributed by atoms with Crippen LogP contribution in [0, 0.1) is 0 Å². The molecule has 0 aromatic carbocycles. The van der Waals surface area contributed by atoms with Gasteiger partial charge in [0.25, 0.3) is 6.43 Å². The van der Waals surface area contributed by atoms with Gasteiger partial charge in [-0.2, -0.15) is 0 Å². The van der Waals surface area contributed by atoms with Crippen molar-refractivity contribution in [1.29, 1.82) is 0 Å². The van der Waals surface area contributed by atoms with Gasteiger partial charge in [0.05, 0.1) is 12.1 Å². The zero-order chi connectivity index (χ0) is 10.7. The molecule has 1 aromatic rings. The van der Waals surface area contributed by atoms with Gasteiger partial charge in [0.1, 0.15) is 5.69 Å². The zero-order valence-electron chi connectivity index (χ0n) is 7.44. The largest absolute Gasteiger partial charge is 0.481 e. The third-order valence-electron chi connectivity index (χ3n) is 1.73. The number of carboxylic acid groups (broad SMARTS) is 1. The standard InChI is InChI=1S/C7H9F2N3O2/c1-12-6(7(8)9)4(10-11-12)2-3-5(13)14/h7H,2-3H2,1H3,(H,13,14). The van der Waals surface area contributed by atoms with Gasteiger partial charge in [-0.25, -0.2) is 13.5 Å². The Balaban J connectivity index is 2.81. The van der Waals surface area contributed by atoms with Crippen LogP contribution >= 0.6 is 0 Å². The SMILES string of the molecule is Cn1nnc(CCC(=O)O)c1C(F)F. The zero-order valence-corrected chi connectivity index (χ0v) is 7.44. The molecule has 0 aliphatic carbocycles. The quantitative estimate of drug-likeness (QED) is 0.788. The van der Waals surface area contributed by atoms with E-state index in [-0.39, 0.29) is 24.2 Å². The maximum Gasteiger partial charge on any atom is 0.303 e. The lowest BCUT2D eigenvalue weighted by Crippen LogP contribution is -2.03. The summed E-state index contributed by atoms with van der Waals surface area (Å²) in [5.41, 5.74) is -0.267. The number of carboxylic acids is 1. The van der Waals surface area contributed by atoms with Crippen molar-refractivity contribution in [2.24, 2.45) is 7.05 Å². The maximum absolute atomic E-state index is 12.4. The van der Waals surface area contributed by atoms with Crippen LogP contribution < -0.4 is 0 Å². The highest BCUT2D eigenvalue weighted by Gasteiger charge is 2.20. The van der Waals surface area contributed by atoms with E-state index in [1.165, 1.54) is 7.05 Å². The van der Waals surface area contributed by atoms with Gasteiger partial charge in [0.15, 0.2) is 0 Å². The topological polar surface area (TPSA) is 68.0 Å². The third kappa shape index (κ3) is 2.24. The number of hydrogen-bond donors (Lipinski definition) is 1. The summed E-state index contributed by atoms with van der Waals surface area (Å²) < 4.78 is 25.8. The molecule has 0 amide bonds. The number of rotatable bonds is 4. The minimum absolute atomic E-state index is 0.0250. The molecule has 7 heteroatoms. The number of alkyl halides is 2. The van der Waals surface area contributed by atoms with E-state index in [2.05, 4.69) is 10.3 Å². The molecule has 0 saturated heterocycles. The molecule has 0 aliphatic heterocycles.